The molecule has 1 saturated heterocycles. The lowest BCUT2D eigenvalue weighted by atomic mass is 9.54. The SMILES string of the molecule is COC(=O)C1(N)CC2(CN(C(=O)OC(C)(C)C)C2)C1. The van der Waals surface area contributed by atoms with Crippen molar-refractivity contribution in [2.45, 2.75) is 44.8 Å². The van der Waals surface area contributed by atoms with Crippen LogP contribution >= 0.6 is 0 Å². The van der Waals surface area contributed by atoms with Gasteiger partial charge in [-0.3, -0.25) is 4.79 Å². The molecular weight excluding hydrogens is 248 g/mol. The topological polar surface area (TPSA) is 81.9 Å². The van der Waals surface area contributed by atoms with Crippen molar-refractivity contribution < 1.29 is 19.1 Å². The monoisotopic (exact) mass is 270 g/mol. The van der Waals surface area contributed by atoms with Crippen LogP contribution in [0, 0.1) is 5.41 Å². The summed E-state index contributed by atoms with van der Waals surface area (Å²) < 4.78 is 9.98. The summed E-state index contributed by atoms with van der Waals surface area (Å²) in [4.78, 5) is 25.0. The minimum absolute atomic E-state index is 0.0140. The van der Waals surface area contributed by atoms with Crippen molar-refractivity contribution in [1.82, 2.24) is 4.90 Å². The predicted molar refractivity (Wildman–Crippen MR) is 68.4 cm³/mol. The maximum absolute atomic E-state index is 11.8. The Hall–Kier alpha value is -1.30. The maximum Gasteiger partial charge on any atom is 0.410 e. The predicted octanol–water partition coefficient (Wildman–Crippen LogP) is 0.888. The molecule has 108 valence electrons. The molecule has 1 aliphatic heterocycles. The van der Waals surface area contributed by atoms with Gasteiger partial charge in [-0.2, -0.15) is 0 Å². The van der Waals surface area contributed by atoms with Crippen molar-refractivity contribution in [2.24, 2.45) is 11.1 Å². The van der Waals surface area contributed by atoms with E-state index in [9.17, 15) is 9.59 Å². The number of esters is 1. The third-order valence-electron chi connectivity index (χ3n) is 3.68. The van der Waals surface area contributed by atoms with Gasteiger partial charge in [0.15, 0.2) is 0 Å². The number of hydrogen-bond donors (Lipinski definition) is 1. The number of likely N-dealkylation sites (tertiary alicyclic amines) is 1. The number of carbonyl (C=O) groups excluding carboxylic acids is 2. The zero-order valence-corrected chi connectivity index (χ0v) is 12.0. The zero-order chi connectivity index (χ0) is 14.5. The van der Waals surface area contributed by atoms with Crippen LogP contribution in [0.25, 0.3) is 0 Å². The fourth-order valence-electron chi connectivity index (χ4n) is 3.08. The van der Waals surface area contributed by atoms with E-state index in [0.717, 1.165) is 0 Å². The highest BCUT2D eigenvalue weighted by Gasteiger charge is 2.63. The summed E-state index contributed by atoms with van der Waals surface area (Å²) in [5.74, 6) is -0.367. The van der Waals surface area contributed by atoms with E-state index in [2.05, 4.69) is 0 Å². The fraction of sp³-hybridized carbons (Fsp3) is 0.846. The lowest BCUT2D eigenvalue weighted by molar-refractivity contribution is -0.167. The quantitative estimate of drug-likeness (QED) is 0.715. The highest BCUT2D eigenvalue weighted by molar-refractivity contribution is 5.82. The maximum atomic E-state index is 11.8. The Kier molecular flexibility index (Phi) is 3.04. The number of rotatable bonds is 1. The Balaban J connectivity index is 1.82. The molecule has 0 bridgehead atoms. The Morgan fingerprint density at radius 1 is 1.21 bits per heavy atom. The Bertz CT molecular complexity index is 399. The molecule has 1 heterocycles. The smallest absolute Gasteiger partial charge is 0.410 e. The summed E-state index contributed by atoms with van der Waals surface area (Å²) in [5, 5.41) is 0. The van der Waals surface area contributed by atoms with E-state index in [4.69, 9.17) is 15.2 Å². The molecule has 0 atom stereocenters. The second-order valence-corrected chi connectivity index (χ2v) is 6.84. The molecule has 1 spiro atoms. The van der Waals surface area contributed by atoms with Gasteiger partial charge in [-0.1, -0.05) is 0 Å². The van der Waals surface area contributed by atoms with Crippen molar-refractivity contribution in [1.29, 1.82) is 0 Å². The lowest BCUT2D eigenvalue weighted by Crippen LogP contribution is -2.74. The van der Waals surface area contributed by atoms with Gasteiger partial charge in [-0.05, 0) is 33.6 Å². The normalized spacial score (nSPS) is 23.3. The summed E-state index contributed by atoms with van der Waals surface area (Å²) in [6.45, 7) is 6.74. The van der Waals surface area contributed by atoms with E-state index in [1.54, 1.807) is 4.90 Å². The van der Waals surface area contributed by atoms with Gasteiger partial charge in [0.2, 0.25) is 0 Å². The molecule has 0 unspecified atom stereocenters. The second kappa shape index (κ2) is 4.10. The third kappa shape index (κ3) is 2.54. The van der Waals surface area contributed by atoms with Crippen LogP contribution in [-0.4, -0.2) is 48.3 Å². The Morgan fingerprint density at radius 3 is 2.16 bits per heavy atom. The van der Waals surface area contributed by atoms with Gasteiger partial charge in [-0.15, -0.1) is 0 Å². The summed E-state index contributed by atoms with van der Waals surface area (Å²) >= 11 is 0. The average molecular weight is 270 g/mol. The molecule has 6 nitrogen and oxygen atoms in total. The van der Waals surface area contributed by atoms with E-state index < -0.39 is 11.1 Å². The third-order valence-corrected chi connectivity index (χ3v) is 3.68. The molecule has 0 radical (unpaired) electrons. The van der Waals surface area contributed by atoms with Crippen LogP contribution in [0.1, 0.15) is 33.6 Å². The highest BCUT2D eigenvalue weighted by Crippen LogP contribution is 2.53. The highest BCUT2D eigenvalue weighted by atomic mass is 16.6. The first-order chi connectivity index (χ1) is 8.59. The number of ether oxygens (including phenoxy) is 2. The Morgan fingerprint density at radius 2 is 1.74 bits per heavy atom. The number of amides is 1. The standard InChI is InChI=1S/C13H22N2O4/c1-11(2,3)19-10(17)15-7-12(8-15)5-13(14,6-12)9(16)18-4/h5-8,14H2,1-4H3. The first-order valence-corrected chi connectivity index (χ1v) is 6.44. The van der Waals surface area contributed by atoms with Gasteiger partial charge in [0.25, 0.3) is 0 Å². The van der Waals surface area contributed by atoms with E-state index in [1.165, 1.54) is 7.11 Å². The van der Waals surface area contributed by atoms with Crippen molar-refractivity contribution in [3.8, 4) is 0 Å². The van der Waals surface area contributed by atoms with E-state index in [1.807, 2.05) is 20.8 Å². The van der Waals surface area contributed by atoms with Crippen LogP contribution < -0.4 is 5.73 Å². The molecular formula is C13H22N2O4. The summed E-state index contributed by atoms with van der Waals surface area (Å²) in [5.41, 5.74) is 4.59. The summed E-state index contributed by atoms with van der Waals surface area (Å²) in [6.07, 6.45) is 0.850. The second-order valence-electron chi connectivity index (χ2n) is 6.84. The number of methoxy groups -OCH3 is 1. The first-order valence-electron chi connectivity index (χ1n) is 6.44. The minimum atomic E-state index is -0.866. The molecule has 6 heteroatoms. The first kappa shape index (κ1) is 14.1. The van der Waals surface area contributed by atoms with E-state index >= 15 is 0 Å². The molecule has 2 rings (SSSR count). The molecule has 1 amide bonds. The minimum Gasteiger partial charge on any atom is -0.468 e. The lowest BCUT2D eigenvalue weighted by Gasteiger charge is -2.61. The van der Waals surface area contributed by atoms with Gasteiger partial charge in [0, 0.05) is 18.5 Å². The average Bonchev–Trinajstić information content (AvgIpc) is 2.17. The molecule has 19 heavy (non-hydrogen) atoms. The Labute approximate surface area is 113 Å². The van der Waals surface area contributed by atoms with Crippen LogP contribution in [-0.2, 0) is 14.3 Å². The summed E-state index contributed by atoms with van der Waals surface area (Å²) in [7, 11) is 1.34. The molecule has 2 aliphatic rings. The van der Waals surface area contributed by atoms with Crippen molar-refractivity contribution in [3.05, 3.63) is 0 Å². The van der Waals surface area contributed by atoms with Crippen molar-refractivity contribution in [2.75, 3.05) is 20.2 Å². The van der Waals surface area contributed by atoms with Crippen LogP contribution in [0.2, 0.25) is 0 Å². The van der Waals surface area contributed by atoms with Crippen molar-refractivity contribution >= 4 is 12.1 Å². The van der Waals surface area contributed by atoms with E-state index in [-0.39, 0.29) is 17.5 Å². The molecule has 2 N–H and O–H groups in total. The van der Waals surface area contributed by atoms with Crippen LogP contribution in [0.5, 0.6) is 0 Å². The molecule has 1 saturated carbocycles. The molecule has 1 aliphatic carbocycles. The van der Waals surface area contributed by atoms with Crippen LogP contribution in [0.15, 0.2) is 0 Å². The number of carbonyl (C=O) groups is 2. The van der Waals surface area contributed by atoms with Crippen molar-refractivity contribution in [3.63, 3.8) is 0 Å². The number of nitrogens with zero attached hydrogens (tertiary/aromatic N) is 1. The van der Waals surface area contributed by atoms with Crippen LogP contribution in [0.4, 0.5) is 4.79 Å². The van der Waals surface area contributed by atoms with Gasteiger partial charge in [0.1, 0.15) is 11.1 Å². The van der Waals surface area contributed by atoms with Gasteiger partial charge < -0.3 is 20.1 Å². The molecule has 0 aromatic carbocycles. The molecule has 0 aromatic heterocycles. The largest absolute Gasteiger partial charge is 0.468 e. The van der Waals surface area contributed by atoms with Gasteiger partial charge in [-0.25, -0.2) is 4.79 Å². The fourth-order valence-corrected chi connectivity index (χ4v) is 3.08. The molecule has 0 aromatic rings. The summed E-state index contributed by atoms with van der Waals surface area (Å²) in [6, 6.07) is 0. The van der Waals surface area contributed by atoms with E-state index in [0.29, 0.717) is 25.9 Å². The zero-order valence-electron chi connectivity index (χ0n) is 12.0. The molecule has 2 fully saturated rings. The van der Waals surface area contributed by atoms with Crippen LogP contribution in [0.3, 0.4) is 0 Å². The number of hydrogen-bond acceptors (Lipinski definition) is 5. The van der Waals surface area contributed by atoms with Gasteiger partial charge in [0.05, 0.1) is 7.11 Å². The van der Waals surface area contributed by atoms with Gasteiger partial charge >= 0.3 is 12.1 Å². The number of nitrogens with two attached hydrogens (primary N) is 1.